The molecule has 1 N–H and O–H groups in total. The summed E-state index contributed by atoms with van der Waals surface area (Å²) in [5.74, 6) is -0.283. The van der Waals surface area contributed by atoms with E-state index in [1.54, 1.807) is 19.1 Å². The van der Waals surface area contributed by atoms with E-state index in [0.717, 1.165) is 30.2 Å². The molecule has 2 atom stereocenters. The molecule has 0 fully saturated rings. The minimum atomic E-state index is -3.57. The molecule has 0 saturated carbocycles. The molecule has 0 aliphatic carbocycles. The molecular formula is C17H28N2O3S. The van der Waals surface area contributed by atoms with Gasteiger partial charge in [-0.1, -0.05) is 19.4 Å². The highest BCUT2D eigenvalue weighted by Gasteiger charge is 2.29. The van der Waals surface area contributed by atoms with Crippen molar-refractivity contribution in [2.24, 2.45) is 0 Å². The number of sulfonamides is 1. The van der Waals surface area contributed by atoms with E-state index in [4.69, 9.17) is 0 Å². The van der Waals surface area contributed by atoms with Crippen LogP contribution in [0.3, 0.4) is 0 Å². The molecule has 0 bridgehead atoms. The Morgan fingerprint density at radius 3 is 2.30 bits per heavy atom. The molecule has 0 saturated heterocycles. The molecule has 1 rings (SSSR count). The quantitative estimate of drug-likeness (QED) is 0.830. The number of carbonyl (C=O) groups excluding carboxylic acids is 1. The zero-order valence-corrected chi connectivity index (χ0v) is 15.7. The normalized spacial score (nSPS) is 14.2. The maximum Gasteiger partial charge on any atom is 0.243 e. The van der Waals surface area contributed by atoms with Gasteiger partial charge in [-0.15, -0.1) is 0 Å². The summed E-state index contributed by atoms with van der Waals surface area (Å²) < 4.78 is 25.7. The van der Waals surface area contributed by atoms with E-state index in [9.17, 15) is 13.2 Å². The Hall–Kier alpha value is -1.56. The maximum absolute atomic E-state index is 12.4. The molecule has 5 nitrogen and oxygen atoms in total. The first kappa shape index (κ1) is 19.5. The molecule has 130 valence electrons. The van der Waals surface area contributed by atoms with Crippen molar-refractivity contribution in [2.45, 2.75) is 59.5 Å². The molecule has 0 aromatic heterocycles. The minimum absolute atomic E-state index is 0.0242. The topological polar surface area (TPSA) is 66.5 Å². The predicted molar refractivity (Wildman–Crippen MR) is 95.2 cm³/mol. The third-order valence-corrected chi connectivity index (χ3v) is 5.19. The summed E-state index contributed by atoms with van der Waals surface area (Å²) in [6.07, 6.45) is 2.95. The molecule has 1 amide bonds. The van der Waals surface area contributed by atoms with Gasteiger partial charge >= 0.3 is 0 Å². The van der Waals surface area contributed by atoms with E-state index in [0.29, 0.717) is 5.69 Å². The average Bonchev–Trinajstić information content (AvgIpc) is 2.41. The number of hydrogen-bond acceptors (Lipinski definition) is 3. The highest BCUT2D eigenvalue weighted by atomic mass is 32.2. The standard InChI is InChI=1S/C17H28N2O3S/c1-7-8-14(4)18-17(20)15(5)19(23(6,21)22)16-10-9-12(2)13(3)11-16/h9-11,14-15H,7-8H2,1-6H3,(H,18,20)/t14-,15+/m0/s1. The monoisotopic (exact) mass is 340 g/mol. The van der Waals surface area contributed by atoms with Gasteiger partial charge in [-0.25, -0.2) is 8.42 Å². The fraction of sp³-hybridized carbons (Fsp3) is 0.588. The Balaban J connectivity index is 3.12. The first-order valence-corrected chi connectivity index (χ1v) is 9.79. The second-order valence-electron chi connectivity index (χ2n) is 6.20. The molecule has 1 aromatic carbocycles. The van der Waals surface area contributed by atoms with Crippen LogP contribution in [0.5, 0.6) is 0 Å². The van der Waals surface area contributed by atoms with Gasteiger partial charge in [0.1, 0.15) is 6.04 Å². The fourth-order valence-corrected chi connectivity index (χ4v) is 3.71. The van der Waals surface area contributed by atoms with Gasteiger partial charge in [-0.05, 0) is 57.4 Å². The number of anilines is 1. The largest absolute Gasteiger partial charge is 0.352 e. The van der Waals surface area contributed by atoms with E-state index in [2.05, 4.69) is 5.32 Å². The summed E-state index contributed by atoms with van der Waals surface area (Å²) in [6, 6.07) is 4.63. The van der Waals surface area contributed by atoms with E-state index in [1.165, 1.54) is 4.31 Å². The third-order valence-electron chi connectivity index (χ3n) is 3.94. The van der Waals surface area contributed by atoms with E-state index < -0.39 is 16.1 Å². The van der Waals surface area contributed by atoms with Crippen LogP contribution in [0.1, 0.15) is 44.7 Å². The van der Waals surface area contributed by atoms with Gasteiger partial charge in [-0.3, -0.25) is 9.10 Å². The molecular weight excluding hydrogens is 312 g/mol. The summed E-state index contributed by atoms with van der Waals surface area (Å²) in [5.41, 5.74) is 2.58. The van der Waals surface area contributed by atoms with Crippen molar-refractivity contribution in [1.29, 1.82) is 0 Å². The van der Waals surface area contributed by atoms with Crippen molar-refractivity contribution in [3.05, 3.63) is 29.3 Å². The van der Waals surface area contributed by atoms with Crippen LogP contribution in [0.25, 0.3) is 0 Å². The van der Waals surface area contributed by atoms with Gasteiger partial charge < -0.3 is 5.32 Å². The smallest absolute Gasteiger partial charge is 0.243 e. The lowest BCUT2D eigenvalue weighted by atomic mass is 10.1. The second kappa shape index (κ2) is 7.81. The number of aryl methyl sites for hydroxylation is 2. The molecule has 1 aromatic rings. The first-order valence-electron chi connectivity index (χ1n) is 7.95. The highest BCUT2D eigenvalue weighted by molar-refractivity contribution is 7.92. The van der Waals surface area contributed by atoms with Crippen molar-refractivity contribution in [3.63, 3.8) is 0 Å². The van der Waals surface area contributed by atoms with Crippen LogP contribution in [-0.4, -0.2) is 32.7 Å². The second-order valence-corrected chi connectivity index (χ2v) is 8.06. The number of nitrogens with zero attached hydrogens (tertiary/aromatic N) is 1. The summed E-state index contributed by atoms with van der Waals surface area (Å²) in [7, 11) is -3.57. The van der Waals surface area contributed by atoms with Crippen molar-refractivity contribution in [1.82, 2.24) is 5.32 Å². The van der Waals surface area contributed by atoms with E-state index in [-0.39, 0.29) is 11.9 Å². The molecule has 0 radical (unpaired) electrons. The molecule has 23 heavy (non-hydrogen) atoms. The zero-order valence-electron chi connectivity index (χ0n) is 14.9. The lowest BCUT2D eigenvalue weighted by molar-refractivity contribution is -0.122. The highest BCUT2D eigenvalue weighted by Crippen LogP contribution is 2.23. The molecule has 0 spiro atoms. The summed E-state index contributed by atoms with van der Waals surface area (Å²) in [4.78, 5) is 12.4. The summed E-state index contributed by atoms with van der Waals surface area (Å²) >= 11 is 0. The van der Waals surface area contributed by atoms with Crippen LogP contribution in [-0.2, 0) is 14.8 Å². The van der Waals surface area contributed by atoms with Crippen molar-refractivity contribution in [3.8, 4) is 0 Å². The van der Waals surface area contributed by atoms with Crippen LogP contribution < -0.4 is 9.62 Å². The van der Waals surface area contributed by atoms with E-state index in [1.807, 2.05) is 33.8 Å². The minimum Gasteiger partial charge on any atom is -0.352 e. The fourth-order valence-electron chi connectivity index (χ4n) is 2.54. The lowest BCUT2D eigenvalue weighted by Crippen LogP contribution is -2.49. The van der Waals surface area contributed by atoms with Crippen LogP contribution in [0, 0.1) is 13.8 Å². The average molecular weight is 340 g/mol. The molecule has 0 aliphatic heterocycles. The van der Waals surface area contributed by atoms with Gasteiger partial charge in [0.15, 0.2) is 0 Å². The Morgan fingerprint density at radius 2 is 1.83 bits per heavy atom. The molecule has 0 heterocycles. The van der Waals surface area contributed by atoms with Crippen molar-refractivity contribution in [2.75, 3.05) is 10.6 Å². The van der Waals surface area contributed by atoms with Crippen LogP contribution in [0.15, 0.2) is 18.2 Å². The van der Waals surface area contributed by atoms with Gasteiger partial charge in [0.25, 0.3) is 0 Å². The number of hydrogen-bond donors (Lipinski definition) is 1. The third kappa shape index (κ3) is 5.23. The Kier molecular flexibility index (Phi) is 6.62. The maximum atomic E-state index is 12.4. The van der Waals surface area contributed by atoms with Crippen LogP contribution in [0.2, 0.25) is 0 Å². The number of nitrogens with one attached hydrogen (secondary N) is 1. The van der Waals surface area contributed by atoms with Gasteiger partial charge in [0, 0.05) is 6.04 Å². The SMILES string of the molecule is CCC[C@H](C)NC(=O)[C@@H](C)N(c1ccc(C)c(C)c1)S(C)(=O)=O. The molecule has 6 heteroatoms. The van der Waals surface area contributed by atoms with Gasteiger partial charge in [0.05, 0.1) is 11.9 Å². The summed E-state index contributed by atoms with van der Waals surface area (Å²) in [5, 5.41) is 2.88. The Morgan fingerprint density at radius 1 is 1.22 bits per heavy atom. The van der Waals surface area contributed by atoms with Crippen LogP contribution >= 0.6 is 0 Å². The number of rotatable bonds is 7. The summed E-state index contributed by atoms with van der Waals surface area (Å²) in [6.45, 7) is 9.48. The zero-order chi connectivity index (χ0) is 17.8. The van der Waals surface area contributed by atoms with Gasteiger partial charge in [0.2, 0.25) is 15.9 Å². The number of amides is 1. The Labute approximate surface area is 140 Å². The molecule has 0 aliphatic rings. The number of carbonyl (C=O) groups is 1. The van der Waals surface area contributed by atoms with Crippen LogP contribution in [0.4, 0.5) is 5.69 Å². The molecule has 0 unspecified atom stereocenters. The number of benzene rings is 1. The predicted octanol–water partition coefficient (Wildman–Crippen LogP) is 2.76. The lowest BCUT2D eigenvalue weighted by Gasteiger charge is -2.29. The van der Waals surface area contributed by atoms with E-state index >= 15 is 0 Å². The van der Waals surface area contributed by atoms with Gasteiger partial charge in [-0.2, -0.15) is 0 Å². The van der Waals surface area contributed by atoms with Crippen molar-refractivity contribution >= 4 is 21.6 Å². The van der Waals surface area contributed by atoms with Crippen molar-refractivity contribution < 1.29 is 13.2 Å². The Bertz CT molecular complexity index is 656. The first-order chi connectivity index (χ1) is 10.6.